The summed E-state index contributed by atoms with van der Waals surface area (Å²) in [6, 6.07) is 9.48. The SMILES string of the molecule is O=c1ccn(CCOCc2cnnn2CCc2cccc(OCC3CC3)c2)c(=O)[nH]1. The maximum atomic E-state index is 11.7. The zero-order valence-electron chi connectivity index (χ0n) is 16.7. The van der Waals surface area contributed by atoms with Crippen molar-refractivity contribution in [3.05, 3.63) is 74.8 Å². The van der Waals surface area contributed by atoms with E-state index in [0.29, 0.717) is 26.3 Å². The second kappa shape index (κ2) is 9.53. The van der Waals surface area contributed by atoms with Crippen molar-refractivity contribution in [2.24, 2.45) is 5.92 Å². The Balaban J connectivity index is 1.24. The number of aromatic nitrogens is 5. The Morgan fingerprint density at radius 3 is 2.90 bits per heavy atom. The highest BCUT2D eigenvalue weighted by Crippen LogP contribution is 2.29. The van der Waals surface area contributed by atoms with Gasteiger partial charge in [0.25, 0.3) is 5.56 Å². The van der Waals surface area contributed by atoms with E-state index in [-0.39, 0.29) is 0 Å². The van der Waals surface area contributed by atoms with Gasteiger partial charge >= 0.3 is 5.69 Å². The van der Waals surface area contributed by atoms with Crippen molar-refractivity contribution in [2.75, 3.05) is 13.2 Å². The first-order chi connectivity index (χ1) is 14.7. The van der Waals surface area contributed by atoms with Crippen LogP contribution in [0, 0.1) is 5.92 Å². The number of H-pyrrole nitrogens is 1. The van der Waals surface area contributed by atoms with Gasteiger partial charge in [0.15, 0.2) is 0 Å². The molecule has 9 heteroatoms. The lowest BCUT2D eigenvalue weighted by Crippen LogP contribution is -2.29. The van der Waals surface area contributed by atoms with Gasteiger partial charge in [-0.15, -0.1) is 5.10 Å². The van der Waals surface area contributed by atoms with Crippen LogP contribution in [0.25, 0.3) is 0 Å². The lowest BCUT2D eigenvalue weighted by molar-refractivity contribution is 0.106. The maximum Gasteiger partial charge on any atom is 0.328 e. The summed E-state index contributed by atoms with van der Waals surface area (Å²) in [5.41, 5.74) is 1.20. The van der Waals surface area contributed by atoms with Crippen LogP contribution in [0.2, 0.25) is 0 Å². The van der Waals surface area contributed by atoms with Crippen LogP contribution in [0.15, 0.2) is 52.3 Å². The highest BCUT2D eigenvalue weighted by Gasteiger charge is 2.21. The van der Waals surface area contributed by atoms with Crippen LogP contribution in [0.1, 0.15) is 24.1 Å². The highest BCUT2D eigenvalue weighted by atomic mass is 16.5. The number of benzene rings is 1. The van der Waals surface area contributed by atoms with Crippen LogP contribution in [0.4, 0.5) is 0 Å². The van der Waals surface area contributed by atoms with Gasteiger partial charge in [0.05, 0.1) is 38.3 Å². The molecule has 0 amide bonds. The molecule has 0 spiro atoms. The zero-order valence-corrected chi connectivity index (χ0v) is 16.7. The summed E-state index contributed by atoms with van der Waals surface area (Å²) in [6.45, 7) is 2.52. The summed E-state index contributed by atoms with van der Waals surface area (Å²) < 4.78 is 14.7. The minimum atomic E-state index is -0.443. The fourth-order valence-corrected chi connectivity index (χ4v) is 3.06. The van der Waals surface area contributed by atoms with E-state index in [0.717, 1.165) is 30.4 Å². The third kappa shape index (κ3) is 5.66. The second-order valence-electron chi connectivity index (χ2n) is 7.46. The topological polar surface area (TPSA) is 104 Å². The van der Waals surface area contributed by atoms with Crippen LogP contribution < -0.4 is 16.0 Å². The molecule has 0 saturated heterocycles. The molecule has 1 N–H and O–H groups in total. The average Bonchev–Trinajstić information content (AvgIpc) is 3.47. The van der Waals surface area contributed by atoms with Gasteiger partial charge in [-0.05, 0) is 42.9 Å². The smallest absolute Gasteiger partial charge is 0.328 e. The standard InChI is InChI=1S/C21H25N5O4/c27-20-7-8-25(21(28)23-20)10-11-29-15-18-13-22-24-26(18)9-6-16-2-1-3-19(12-16)30-14-17-4-5-17/h1-3,7-8,12-13,17H,4-6,9-11,14-15H2,(H,23,27,28). The summed E-state index contributed by atoms with van der Waals surface area (Å²) in [5, 5.41) is 8.12. The summed E-state index contributed by atoms with van der Waals surface area (Å²) in [7, 11) is 0. The van der Waals surface area contributed by atoms with Crippen molar-refractivity contribution in [1.29, 1.82) is 0 Å². The van der Waals surface area contributed by atoms with Crippen molar-refractivity contribution in [3.8, 4) is 5.75 Å². The number of hydrogen-bond acceptors (Lipinski definition) is 6. The monoisotopic (exact) mass is 411 g/mol. The molecular formula is C21H25N5O4. The van der Waals surface area contributed by atoms with E-state index in [1.807, 2.05) is 16.8 Å². The Bertz CT molecular complexity index is 1080. The third-order valence-corrected chi connectivity index (χ3v) is 5.01. The van der Waals surface area contributed by atoms with Gasteiger partial charge in [-0.25, -0.2) is 9.48 Å². The summed E-state index contributed by atoms with van der Waals surface area (Å²) in [5.74, 6) is 1.65. The number of nitrogens with one attached hydrogen (secondary N) is 1. The number of aromatic amines is 1. The number of ether oxygens (including phenoxy) is 2. The highest BCUT2D eigenvalue weighted by molar-refractivity contribution is 5.28. The fourth-order valence-electron chi connectivity index (χ4n) is 3.06. The van der Waals surface area contributed by atoms with Gasteiger partial charge in [0.1, 0.15) is 5.75 Å². The quantitative estimate of drug-likeness (QED) is 0.478. The van der Waals surface area contributed by atoms with E-state index < -0.39 is 11.2 Å². The lowest BCUT2D eigenvalue weighted by Gasteiger charge is -2.10. The molecule has 1 aliphatic carbocycles. The number of hydrogen-bond donors (Lipinski definition) is 1. The maximum absolute atomic E-state index is 11.7. The van der Waals surface area contributed by atoms with E-state index in [1.54, 1.807) is 6.20 Å². The van der Waals surface area contributed by atoms with E-state index in [1.165, 1.54) is 35.2 Å². The molecule has 2 aromatic heterocycles. The van der Waals surface area contributed by atoms with Crippen LogP contribution in [-0.2, 0) is 30.9 Å². The van der Waals surface area contributed by atoms with Gasteiger partial charge < -0.3 is 9.47 Å². The van der Waals surface area contributed by atoms with E-state index in [2.05, 4.69) is 27.4 Å². The van der Waals surface area contributed by atoms with Crippen molar-refractivity contribution in [1.82, 2.24) is 24.5 Å². The lowest BCUT2D eigenvalue weighted by atomic mass is 10.1. The molecule has 0 atom stereocenters. The second-order valence-corrected chi connectivity index (χ2v) is 7.46. The number of nitrogens with zero attached hydrogens (tertiary/aromatic N) is 4. The molecule has 9 nitrogen and oxygen atoms in total. The molecule has 0 bridgehead atoms. The number of aryl methyl sites for hydroxylation is 2. The van der Waals surface area contributed by atoms with Crippen molar-refractivity contribution in [2.45, 2.75) is 39.0 Å². The third-order valence-electron chi connectivity index (χ3n) is 5.01. The first-order valence-corrected chi connectivity index (χ1v) is 10.1. The predicted octanol–water partition coefficient (Wildman–Crippen LogP) is 1.38. The molecule has 158 valence electrons. The van der Waals surface area contributed by atoms with E-state index in [9.17, 15) is 9.59 Å². The summed E-state index contributed by atoms with van der Waals surface area (Å²) in [4.78, 5) is 25.0. The fraction of sp³-hybridized carbons (Fsp3) is 0.429. The predicted molar refractivity (Wildman–Crippen MR) is 109 cm³/mol. The molecule has 0 aliphatic heterocycles. The van der Waals surface area contributed by atoms with E-state index >= 15 is 0 Å². The zero-order chi connectivity index (χ0) is 20.8. The Morgan fingerprint density at radius 1 is 1.17 bits per heavy atom. The Kier molecular flexibility index (Phi) is 6.38. The van der Waals surface area contributed by atoms with Crippen molar-refractivity contribution < 1.29 is 9.47 Å². The molecule has 2 heterocycles. The average molecular weight is 411 g/mol. The summed E-state index contributed by atoms with van der Waals surface area (Å²) >= 11 is 0. The molecule has 30 heavy (non-hydrogen) atoms. The largest absolute Gasteiger partial charge is 0.493 e. The molecular weight excluding hydrogens is 386 g/mol. The first kappa shape index (κ1) is 20.1. The first-order valence-electron chi connectivity index (χ1n) is 10.1. The Labute approximate surface area is 173 Å². The van der Waals surface area contributed by atoms with Crippen LogP contribution in [0.5, 0.6) is 5.75 Å². The van der Waals surface area contributed by atoms with Gasteiger partial charge in [-0.1, -0.05) is 17.3 Å². The minimum absolute atomic E-state index is 0.331. The molecule has 0 radical (unpaired) electrons. The molecule has 4 rings (SSSR count). The number of rotatable bonds is 11. The van der Waals surface area contributed by atoms with Crippen LogP contribution in [-0.4, -0.2) is 37.8 Å². The summed E-state index contributed by atoms with van der Waals surface area (Å²) in [6.07, 6.45) is 6.50. The molecule has 1 aliphatic rings. The van der Waals surface area contributed by atoms with Gasteiger partial charge in [-0.2, -0.15) is 0 Å². The minimum Gasteiger partial charge on any atom is -0.493 e. The van der Waals surface area contributed by atoms with E-state index in [4.69, 9.17) is 9.47 Å². The Hall–Kier alpha value is -3.20. The van der Waals surface area contributed by atoms with Crippen molar-refractivity contribution >= 4 is 0 Å². The molecule has 1 aromatic carbocycles. The molecule has 1 fully saturated rings. The molecule has 0 unspecified atom stereocenters. The van der Waals surface area contributed by atoms with Crippen molar-refractivity contribution in [3.63, 3.8) is 0 Å². The molecule has 1 saturated carbocycles. The van der Waals surface area contributed by atoms with Gasteiger partial charge in [0.2, 0.25) is 0 Å². The normalized spacial score (nSPS) is 13.5. The molecule has 3 aromatic rings. The Morgan fingerprint density at radius 2 is 2.07 bits per heavy atom. The van der Waals surface area contributed by atoms with Gasteiger partial charge in [0, 0.05) is 18.8 Å². The van der Waals surface area contributed by atoms with Crippen LogP contribution >= 0.6 is 0 Å². The van der Waals surface area contributed by atoms with Crippen LogP contribution in [0.3, 0.4) is 0 Å². The van der Waals surface area contributed by atoms with Gasteiger partial charge in [-0.3, -0.25) is 14.3 Å².